The van der Waals surface area contributed by atoms with Gasteiger partial charge in [0.15, 0.2) is 5.82 Å². The van der Waals surface area contributed by atoms with Crippen LogP contribution in [-0.4, -0.2) is 89.2 Å². The topological polar surface area (TPSA) is 209 Å². The maximum Gasteiger partial charge on any atom is 0.408 e. The van der Waals surface area contributed by atoms with Gasteiger partial charge < -0.3 is 30.2 Å². The molecule has 4 N–H and O–H groups in total. The van der Waals surface area contributed by atoms with Crippen molar-refractivity contribution < 1.29 is 41.8 Å². The molecule has 0 bridgehead atoms. The molecule has 17 heteroatoms. The van der Waals surface area contributed by atoms with Crippen LogP contribution in [-0.2, 0) is 29.1 Å². The van der Waals surface area contributed by atoms with E-state index in [1.54, 1.807) is 63.0 Å². The van der Waals surface area contributed by atoms with E-state index in [4.69, 9.17) is 19.2 Å². The number of carbonyl (C=O) groups excluding carboxylic acids is 4. The Kier molecular flexibility index (Phi) is 11.9. The zero-order chi connectivity index (χ0) is 40.3. The van der Waals surface area contributed by atoms with Crippen molar-refractivity contribution in [2.24, 2.45) is 5.92 Å². The highest BCUT2D eigenvalue weighted by molar-refractivity contribution is 7.91. The molecule has 0 unspecified atom stereocenters. The third kappa shape index (κ3) is 9.97. The number of hydrogen-bond acceptors (Lipinski definition) is 11. The predicted octanol–water partition coefficient (Wildman–Crippen LogP) is 3.89. The lowest BCUT2D eigenvalue weighted by atomic mass is 10.1. The highest BCUT2D eigenvalue weighted by atomic mass is 32.2. The van der Waals surface area contributed by atoms with Crippen LogP contribution < -0.4 is 30.1 Å². The fraction of sp³-hybridized carbons (Fsp3) is 0.538. The number of rotatable bonds is 10. The van der Waals surface area contributed by atoms with Gasteiger partial charge in [-0.1, -0.05) is 25.0 Å². The zero-order valence-electron chi connectivity index (χ0n) is 32.4. The second-order valence-electron chi connectivity index (χ2n) is 15.7. The van der Waals surface area contributed by atoms with Crippen molar-refractivity contribution in [3.63, 3.8) is 0 Å². The highest BCUT2D eigenvalue weighted by Gasteiger charge is 2.61. The number of allylic oxidation sites excluding steroid dienone is 1. The molecule has 4 atom stereocenters. The molecule has 2 fully saturated rings. The molecule has 3 aromatic rings. The summed E-state index contributed by atoms with van der Waals surface area (Å²) in [6.45, 7) is 6.92. The third-order valence-corrected chi connectivity index (χ3v) is 11.7. The van der Waals surface area contributed by atoms with E-state index in [-0.39, 0.29) is 25.9 Å². The number of pyridine rings is 1. The number of benzene rings is 1. The molecular formula is C39H51N7O9S. The molecule has 16 nitrogen and oxygen atoms in total. The molecule has 3 heterocycles. The van der Waals surface area contributed by atoms with Crippen LogP contribution in [0.5, 0.6) is 11.5 Å². The largest absolute Gasteiger partial charge is 0.497 e. The maximum atomic E-state index is 14.3. The number of amides is 4. The van der Waals surface area contributed by atoms with Crippen molar-refractivity contribution in [1.29, 1.82) is 0 Å². The average molecular weight is 794 g/mol. The van der Waals surface area contributed by atoms with Crippen LogP contribution in [0.4, 0.5) is 4.79 Å². The molecule has 56 heavy (non-hydrogen) atoms. The van der Waals surface area contributed by atoms with E-state index in [2.05, 4.69) is 25.8 Å². The third-order valence-electron chi connectivity index (χ3n) is 9.92. The number of aromatic nitrogens is 3. The predicted molar refractivity (Wildman–Crippen MR) is 207 cm³/mol. The Hall–Kier alpha value is -5.19. The first-order valence-electron chi connectivity index (χ1n) is 19.1. The smallest absolute Gasteiger partial charge is 0.408 e. The number of alkyl carbamates (subject to hydrolysis) is 1. The quantitative estimate of drug-likeness (QED) is 0.217. The van der Waals surface area contributed by atoms with Gasteiger partial charge in [-0.15, -0.1) is 0 Å². The van der Waals surface area contributed by atoms with Crippen molar-refractivity contribution in [2.75, 3.05) is 13.7 Å². The SMILES string of the molecule is COc1ccc2c(OCC[C@@H]3NC(=O)[C@@H](NC(=O)OC(C)(C)C)CCCCC/C=C\[C@@H]4C[C@@]4(C(=O)NS(=O)(=O)C4CC4)NC3=O)cc(-n3ccc(C)n3)nc2c1. The van der Waals surface area contributed by atoms with Crippen LogP contribution in [0.15, 0.2) is 48.7 Å². The molecule has 3 aliphatic rings. The molecule has 0 radical (unpaired) electrons. The Labute approximate surface area is 326 Å². The van der Waals surface area contributed by atoms with Crippen molar-refractivity contribution in [3.8, 4) is 17.3 Å². The van der Waals surface area contributed by atoms with Gasteiger partial charge in [0.2, 0.25) is 21.8 Å². The Bertz CT molecular complexity index is 2110. The van der Waals surface area contributed by atoms with Crippen LogP contribution in [0.1, 0.15) is 84.3 Å². The summed E-state index contributed by atoms with van der Waals surface area (Å²) >= 11 is 0. The molecule has 1 aromatic carbocycles. The normalized spacial score (nSPS) is 24.0. The minimum atomic E-state index is -3.91. The minimum Gasteiger partial charge on any atom is -0.497 e. The van der Waals surface area contributed by atoms with Gasteiger partial charge >= 0.3 is 6.09 Å². The van der Waals surface area contributed by atoms with Gasteiger partial charge in [-0.05, 0) is 84.4 Å². The van der Waals surface area contributed by atoms with Crippen LogP contribution >= 0.6 is 0 Å². The summed E-state index contributed by atoms with van der Waals surface area (Å²) in [6.07, 6.45) is 8.91. The van der Waals surface area contributed by atoms with Crippen LogP contribution in [0, 0.1) is 12.8 Å². The number of ether oxygens (including phenoxy) is 3. The number of fused-ring (bicyclic) bond motifs is 2. The van der Waals surface area contributed by atoms with Gasteiger partial charge in [0.1, 0.15) is 34.7 Å². The van der Waals surface area contributed by atoms with Crippen molar-refractivity contribution in [1.82, 2.24) is 35.4 Å². The van der Waals surface area contributed by atoms with E-state index in [0.29, 0.717) is 53.9 Å². The molecule has 1 aliphatic heterocycles. The molecular weight excluding hydrogens is 743 g/mol. The van der Waals surface area contributed by atoms with E-state index in [0.717, 1.165) is 18.5 Å². The number of sulfonamides is 1. The average Bonchev–Trinajstić information content (AvgIpc) is 4.06. The Morgan fingerprint density at radius 2 is 1.84 bits per heavy atom. The number of aryl methyl sites for hydroxylation is 1. The Balaban J connectivity index is 1.28. The molecule has 2 saturated carbocycles. The van der Waals surface area contributed by atoms with Gasteiger partial charge in [0, 0.05) is 36.1 Å². The molecule has 4 amide bonds. The van der Waals surface area contributed by atoms with Crippen LogP contribution in [0.2, 0.25) is 0 Å². The summed E-state index contributed by atoms with van der Waals surface area (Å²) < 4.78 is 46.6. The molecule has 2 aliphatic carbocycles. The second kappa shape index (κ2) is 16.5. The summed E-state index contributed by atoms with van der Waals surface area (Å²) in [5.74, 6) is -1.10. The Morgan fingerprint density at radius 1 is 1.05 bits per heavy atom. The molecule has 2 aromatic heterocycles. The molecule has 0 spiro atoms. The van der Waals surface area contributed by atoms with Crippen molar-refractivity contribution in [3.05, 3.63) is 54.4 Å². The van der Waals surface area contributed by atoms with Gasteiger partial charge in [0.05, 0.1) is 30.2 Å². The van der Waals surface area contributed by atoms with E-state index < -0.39 is 68.2 Å². The van der Waals surface area contributed by atoms with E-state index >= 15 is 0 Å². The fourth-order valence-corrected chi connectivity index (χ4v) is 8.00. The lowest BCUT2D eigenvalue weighted by Gasteiger charge is -2.27. The maximum absolute atomic E-state index is 14.3. The number of nitrogens with zero attached hydrogens (tertiary/aromatic N) is 3. The van der Waals surface area contributed by atoms with E-state index in [1.165, 1.54) is 0 Å². The van der Waals surface area contributed by atoms with Crippen LogP contribution in [0.3, 0.4) is 0 Å². The second-order valence-corrected chi connectivity index (χ2v) is 17.6. The summed E-state index contributed by atoms with van der Waals surface area (Å²) in [5, 5.41) is 12.8. The number of nitrogens with one attached hydrogen (secondary N) is 4. The van der Waals surface area contributed by atoms with Gasteiger partial charge in [-0.25, -0.2) is 22.9 Å². The minimum absolute atomic E-state index is 0.0640. The van der Waals surface area contributed by atoms with Crippen LogP contribution in [0.25, 0.3) is 16.7 Å². The number of carbonyl (C=O) groups is 4. The lowest BCUT2D eigenvalue weighted by Crippen LogP contribution is -2.59. The first-order valence-corrected chi connectivity index (χ1v) is 20.6. The molecule has 6 rings (SSSR count). The fourth-order valence-electron chi connectivity index (χ4n) is 6.63. The molecule has 302 valence electrons. The molecule has 0 saturated heterocycles. The van der Waals surface area contributed by atoms with Crippen molar-refractivity contribution >= 4 is 44.7 Å². The summed E-state index contributed by atoms with van der Waals surface area (Å²) in [5.41, 5.74) is -0.989. The number of methoxy groups -OCH3 is 1. The van der Waals surface area contributed by atoms with Gasteiger partial charge in [0.25, 0.3) is 5.91 Å². The number of hydrogen-bond donors (Lipinski definition) is 4. The zero-order valence-corrected chi connectivity index (χ0v) is 33.2. The van der Waals surface area contributed by atoms with E-state index in [1.807, 2.05) is 25.1 Å². The van der Waals surface area contributed by atoms with E-state index in [9.17, 15) is 27.6 Å². The monoisotopic (exact) mass is 793 g/mol. The first kappa shape index (κ1) is 40.5. The Morgan fingerprint density at radius 3 is 2.54 bits per heavy atom. The summed E-state index contributed by atoms with van der Waals surface area (Å²) in [7, 11) is -2.35. The first-order chi connectivity index (χ1) is 26.6. The van der Waals surface area contributed by atoms with Gasteiger partial charge in [-0.2, -0.15) is 5.10 Å². The summed E-state index contributed by atoms with van der Waals surface area (Å²) in [4.78, 5) is 59.5. The van der Waals surface area contributed by atoms with Gasteiger partial charge in [-0.3, -0.25) is 19.1 Å². The van der Waals surface area contributed by atoms with Crippen molar-refractivity contribution in [2.45, 2.75) is 114 Å². The summed E-state index contributed by atoms with van der Waals surface area (Å²) in [6, 6.07) is 6.61. The highest BCUT2D eigenvalue weighted by Crippen LogP contribution is 2.46. The lowest BCUT2D eigenvalue weighted by molar-refractivity contribution is -0.133. The standard InChI is InChI=1S/C39H51N7O9S/c1-24-17-19-46(44-24)33-22-32(28-16-13-26(53-5)21-31(28)40-33)54-20-18-30-35(48)43-39(36(49)45-56(51,52)27-14-15-27)23-25(39)11-9-7-6-8-10-12-29(34(47)41-30)42-37(50)55-38(2,3)4/h9,11,13,16-17,19,21-22,25,27,29-30H,6-8,10,12,14-15,18,20,23H2,1-5H3,(H,41,47)(H,42,50)(H,43,48)(H,45,49)/b11-9-/t25-,29+,30+,39-/m1/s1.